The second-order valence-corrected chi connectivity index (χ2v) is 9.06. The van der Waals surface area contributed by atoms with Crippen molar-refractivity contribution in [3.8, 4) is 0 Å². The molecule has 1 fully saturated rings. The van der Waals surface area contributed by atoms with Crippen LogP contribution in [0.4, 0.5) is 5.69 Å². The van der Waals surface area contributed by atoms with Crippen molar-refractivity contribution in [3.63, 3.8) is 0 Å². The Hall–Kier alpha value is -2.09. The zero-order valence-electron chi connectivity index (χ0n) is 18.9. The van der Waals surface area contributed by atoms with Gasteiger partial charge in [-0.15, -0.1) is 0 Å². The molecule has 1 saturated heterocycles. The fraction of sp³-hybridized carbons (Fsp3) is 0.542. The zero-order valence-corrected chi connectivity index (χ0v) is 19.7. The van der Waals surface area contributed by atoms with Crippen molar-refractivity contribution in [2.45, 2.75) is 32.3 Å². The molecule has 1 aliphatic heterocycles. The van der Waals surface area contributed by atoms with E-state index in [9.17, 15) is 5.11 Å². The van der Waals surface area contributed by atoms with E-state index in [0.29, 0.717) is 6.54 Å². The number of rotatable bonds is 10. The number of nitrogens with one attached hydrogen (secondary N) is 2. The summed E-state index contributed by atoms with van der Waals surface area (Å²) in [5.41, 5.74) is 1.31. The summed E-state index contributed by atoms with van der Waals surface area (Å²) in [5, 5.41) is 21.3. The highest BCUT2D eigenvalue weighted by Gasteiger charge is 2.23. The van der Waals surface area contributed by atoms with Crippen LogP contribution in [0.1, 0.15) is 32.3 Å². The molecule has 1 unspecified atom stereocenters. The lowest BCUT2D eigenvalue weighted by molar-refractivity contribution is 0.0677. The van der Waals surface area contributed by atoms with Crippen molar-refractivity contribution in [1.82, 2.24) is 15.5 Å². The van der Waals surface area contributed by atoms with Crippen LogP contribution in [-0.4, -0.2) is 68.3 Å². The van der Waals surface area contributed by atoms with Gasteiger partial charge in [0.2, 0.25) is 0 Å². The van der Waals surface area contributed by atoms with Crippen LogP contribution in [0.2, 0.25) is 0 Å². The van der Waals surface area contributed by atoms with Crippen LogP contribution in [-0.2, 0) is 5.60 Å². The Morgan fingerprint density at radius 2 is 1.87 bits per heavy atom. The SMILES string of the molecule is CCNC(=NCC(C)(O)c1ccsc1)NCCCCN1CCN(c2ccccc2)CC1. The largest absolute Gasteiger partial charge is 0.383 e. The molecule has 1 aromatic heterocycles. The van der Waals surface area contributed by atoms with Gasteiger partial charge in [0.1, 0.15) is 5.60 Å². The van der Waals surface area contributed by atoms with Crippen molar-refractivity contribution in [1.29, 1.82) is 0 Å². The van der Waals surface area contributed by atoms with Gasteiger partial charge < -0.3 is 20.6 Å². The first-order valence-electron chi connectivity index (χ1n) is 11.4. The predicted octanol–water partition coefficient (Wildman–Crippen LogP) is 3.11. The van der Waals surface area contributed by atoms with Gasteiger partial charge in [0.05, 0.1) is 6.54 Å². The summed E-state index contributed by atoms with van der Waals surface area (Å²) in [4.78, 5) is 9.64. The number of benzene rings is 1. The minimum atomic E-state index is -0.940. The van der Waals surface area contributed by atoms with E-state index < -0.39 is 5.60 Å². The fourth-order valence-corrected chi connectivity index (χ4v) is 4.56. The molecule has 0 spiro atoms. The number of thiophene rings is 1. The second-order valence-electron chi connectivity index (χ2n) is 8.28. The Morgan fingerprint density at radius 1 is 1.10 bits per heavy atom. The molecule has 7 heteroatoms. The summed E-state index contributed by atoms with van der Waals surface area (Å²) in [7, 11) is 0. The van der Waals surface area contributed by atoms with E-state index in [0.717, 1.165) is 63.8 Å². The molecule has 0 bridgehead atoms. The van der Waals surface area contributed by atoms with Crippen LogP contribution in [0, 0.1) is 0 Å². The van der Waals surface area contributed by atoms with Crippen LogP contribution in [0.3, 0.4) is 0 Å². The molecule has 31 heavy (non-hydrogen) atoms. The van der Waals surface area contributed by atoms with Gasteiger partial charge in [-0.05, 0) is 67.8 Å². The molecule has 2 heterocycles. The van der Waals surface area contributed by atoms with Crippen LogP contribution in [0.25, 0.3) is 0 Å². The summed E-state index contributed by atoms with van der Waals surface area (Å²) < 4.78 is 0. The van der Waals surface area contributed by atoms with E-state index >= 15 is 0 Å². The molecule has 1 aromatic carbocycles. The number of aliphatic hydroxyl groups is 1. The summed E-state index contributed by atoms with van der Waals surface area (Å²) in [5.74, 6) is 0.773. The third-order valence-electron chi connectivity index (χ3n) is 5.72. The Labute approximate surface area is 191 Å². The van der Waals surface area contributed by atoms with Gasteiger partial charge in [0.25, 0.3) is 0 Å². The third kappa shape index (κ3) is 7.52. The highest BCUT2D eigenvalue weighted by Crippen LogP contribution is 2.23. The van der Waals surface area contributed by atoms with E-state index in [1.165, 1.54) is 12.1 Å². The lowest BCUT2D eigenvalue weighted by Crippen LogP contribution is -2.46. The molecule has 6 nitrogen and oxygen atoms in total. The van der Waals surface area contributed by atoms with Crippen LogP contribution in [0.15, 0.2) is 52.2 Å². The third-order valence-corrected chi connectivity index (χ3v) is 6.40. The van der Waals surface area contributed by atoms with Crippen molar-refractivity contribution in [2.75, 3.05) is 57.3 Å². The molecule has 3 N–H and O–H groups in total. The highest BCUT2D eigenvalue weighted by atomic mass is 32.1. The van der Waals surface area contributed by atoms with Crippen molar-refractivity contribution >= 4 is 23.0 Å². The van der Waals surface area contributed by atoms with Gasteiger partial charge >= 0.3 is 0 Å². The smallest absolute Gasteiger partial charge is 0.191 e. The highest BCUT2D eigenvalue weighted by molar-refractivity contribution is 7.08. The topological polar surface area (TPSA) is 63.1 Å². The number of unbranched alkanes of at least 4 members (excludes halogenated alkanes) is 1. The van der Waals surface area contributed by atoms with Gasteiger partial charge in [-0.25, -0.2) is 4.99 Å². The lowest BCUT2D eigenvalue weighted by Gasteiger charge is -2.36. The molecule has 1 atom stereocenters. The standard InChI is InChI=1S/C24H37N5OS/c1-3-25-23(27-20-24(2,30)21-11-18-31-19-21)26-12-7-8-13-28-14-16-29(17-15-28)22-9-5-4-6-10-22/h4-6,9-11,18-19,30H,3,7-8,12-17,20H2,1-2H3,(H2,25,26,27). The van der Waals surface area contributed by atoms with E-state index in [-0.39, 0.29) is 0 Å². The van der Waals surface area contributed by atoms with Crippen LogP contribution < -0.4 is 15.5 Å². The number of hydrogen-bond acceptors (Lipinski definition) is 5. The Morgan fingerprint density at radius 3 is 2.55 bits per heavy atom. The van der Waals surface area contributed by atoms with Gasteiger partial charge in [-0.1, -0.05) is 18.2 Å². The molecule has 0 aliphatic carbocycles. The summed E-state index contributed by atoms with van der Waals surface area (Å²) >= 11 is 1.59. The quantitative estimate of drug-likeness (QED) is 0.299. The number of nitrogens with zero attached hydrogens (tertiary/aromatic N) is 3. The first-order chi connectivity index (χ1) is 15.1. The van der Waals surface area contributed by atoms with Crippen LogP contribution >= 0.6 is 11.3 Å². The maximum absolute atomic E-state index is 10.7. The van der Waals surface area contributed by atoms with Crippen molar-refractivity contribution < 1.29 is 5.11 Å². The van der Waals surface area contributed by atoms with Crippen LogP contribution in [0.5, 0.6) is 0 Å². The zero-order chi connectivity index (χ0) is 21.9. The number of piperazine rings is 1. The van der Waals surface area contributed by atoms with E-state index in [1.54, 1.807) is 11.3 Å². The number of aliphatic imine (C=N–C) groups is 1. The Bertz CT molecular complexity index is 771. The van der Waals surface area contributed by atoms with Gasteiger partial charge in [0, 0.05) is 45.0 Å². The summed E-state index contributed by atoms with van der Waals surface area (Å²) in [6.07, 6.45) is 2.27. The summed E-state index contributed by atoms with van der Waals surface area (Å²) in [6, 6.07) is 12.7. The van der Waals surface area contributed by atoms with E-state index in [4.69, 9.17) is 0 Å². The molecular weight excluding hydrogens is 406 g/mol. The molecule has 2 aromatic rings. The molecule has 0 amide bonds. The minimum Gasteiger partial charge on any atom is -0.383 e. The minimum absolute atomic E-state index is 0.338. The maximum Gasteiger partial charge on any atom is 0.191 e. The number of para-hydroxylation sites is 1. The molecule has 0 saturated carbocycles. The summed E-state index contributed by atoms with van der Waals surface area (Å²) in [6.45, 7) is 11.5. The molecule has 170 valence electrons. The van der Waals surface area contributed by atoms with Gasteiger partial charge in [-0.2, -0.15) is 11.3 Å². The first-order valence-corrected chi connectivity index (χ1v) is 12.3. The first kappa shape index (κ1) is 23.6. The van der Waals surface area contributed by atoms with Gasteiger partial charge in [0.15, 0.2) is 5.96 Å². The molecule has 3 rings (SSSR count). The molecule has 1 aliphatic rings. The predicted molar refractivity (Wildman–Crippen MR) is 132 cm³/mol. The average molecular weight is 444 g/mol. The second kappa shape index (κ2) is 12.1. The normalized spacial score (nSPS) is 17.4. The number of hydrogen-bond donors (Lipinski definition) is 3. The monoisotopic (exact) mass is 443 g/mol. The Kier molecular flexibility index (Phi) is 9.18. The maximum atomic E-state index is 10.7. The number of guanidine groups is 1. The van der Waals surface area contributed by atoms with Crippen molar-refractivity contribution in [3.05, 3.63) is 52.7 Å². The molecule has 0 radical (unpaired) electrons. The van der Waals surface area contributed by atoms with E-state index in [2.05, 4.69) is 62.7 Å². The van der Waals surface area contributed by atoms with Crippen molar-refractivity contribution in [2.24, 2.45) is 4.99 Å². The Balaban J connectivity index is 1.33. The molecular formula is C24H37N5OS. The van der Waals surface area contributed by atoms with E-state index in [1.807, 2.05) is 23.8 Å². The fourth-order valence-electron chi connectivity index (χ4n) is 3.77. The van der Waals surface area contributed by atoms with Gasteiger partial charge in [-0.3, -0.25) is 4.90 Å². The lowest BCUT2D eigenvalue weighted by atomic mass is 10.00. The average Bonchev–Trinajstić information content (AvgIpc) is 3.34. The number of anilines is 1.